The maximum Gasteiger partial charge on any atom is 0.144 e. The number of pyridine rings is 1. The van der Waals surface area contributed by atoms with Gasteiger partial charge in [-0.2, -0.15) is 0 Å². The summed E-state index contributed by atoms with van der Waals surface area (Å²) in [5, 5.41) is 2.31. The zero-order valence-corrected chi connectivity index (χ0v) is 14.6. The van der Waals surface area contributed by atoms with E-state index in [-0.39, 0.29) is 0 Å². The topological polar surface area (TPSA) is 26.0 Å². The third-order valence-corrected chi connectivity index (χ3v) is 4.70. The Morgan fingerprint density at radius 2 is 1.79 bits per heavy atom. The van der Waals surface area contributed by atoms with E-state index in [9.17, 15) is 0 Å². The van der Waals surface area contributed by atoms with Crippen LogP contribution < -0.4 is 0 Å². The van der Waals surface area contributed by atoms with Gasteiger partial charge < -0.3 is 4.42 Å². The van der Waals surface area contributed by atoms with Crippen LogP contribution in [0.2, 0.25) is 0 Å². The van der Waals surface area contributed by atoms with Gasteiger partial charge in [0.2, 0.25) is 0 Å². The van der Waals surface area contributed by atoms with Crippen LogP contribution in [-0.4, -0.2) is 4.98 Å². The van der Waals surface area contributed by atoms with E-state index in [1.165, 1.54) is 16.7 Å². The van der Waals surface area contributed by atoms with Crippen molar-refractivity contribution in [2.24, 2.45) is 0 Å². The maximum atomic E-state index is 6.21. The molecule has 2 nitrogen and oxygen atoms in total. The van der Waals surface area contributed by atoms with Crippen LogP contribution in [0.5, 0.6) is 0 Å². The van der Waals surface area contributed by atoms with Gasteiger partial charge in [0.15, 0.2) is 0 Å². The SMILES string of the molecule is Cc1ccc2c(c1)oc1c(-c3cc(C(C)C)c(C)cn3)cccc12. The summed E-state index contributed by atoms with van der Waals surface area (Å²) in [5.41, 5.74) is 7.68. The summed E-state index contributed by atoms with van der Waals surface area (Å²) < 4.78 is 6.21. The van der Waals surface area contributed by atoms with Crippen molar-refractivity contribution < 1.29 is 4.42 Å². The van der Waals surface area contributed by atoms with Crippen molar-refractivity contribution >= 4 is 21.9 Å². The molecule has 0 bridgehead atoms. The highest BCUT2D eigenvalue weighted by Crippen LogP contribution is 2.36. The lowest BCUT2D eigenvalue weighted by Crippen LogP contribution is -1.95. The minimum atomic E-state index is 0.476. The second-order valence-electron chi connectivity index (χ2n) is 6.86. The number of nitrogens with zero attached hydrogens (tertiary/aromatic N) is 1. The molecular weight excluding hydrogens is 294 g/mol. The van der Waals surface area contributed by atoms with Crippen molar-refractivity contribution in [3.63, 3.8) is 0 Å². The molecule has 2 heterocycles. The lowest BCUT2D eigenvalue weighted by atomic mass is 9.97. The van der Waals surface area contributed by atoms with Gasteiger partial charge in [-0.3, -0.25) is 4.98 Å². The Morgan fingerprint density at radius 3 is 2.58 bits per heavy atom. The lowest BCUT2D eigenvalue weighted by molar-refractivity contribution is 0.669. The molecule has 0 saturated carbocycles. The molecule has 0 saturated heterocycles. The molecule has 2 heteroatoms. The average molecular weight is 315 g/mol. The Morgan fingerprint density at radius 1 is 0.958 bits per heavy atom. The molecule has 0 amide bonds. The van der Waals surface area contributed by atoms with Crippen LogP contribution in [0.4, 0.5) is 0 Å². The van der Waals surface area contributed by atoms with Crippen molar-refractivity contribution in [1.29, 1.82) is 0 Å². The molecule has 0 radical (unpaired) electrons. The minimum absolute atomic E-state index is 0.476. The first kappa shape index (κ1) is 14.9. The molecule has 0 spiro atoms. The molecular formula is C22H21NO. The zero-order chi connectivity index (χ0) is 16.8. The molecule has 120 valence electrons. The molecule has 0 aliphatic rings. The highest BCUT2D eigenvalue weighted by atomic mass is 16.3. The maximum absolute atomic E-state index is 6.21. The third-order valence-electron chi connectivity index (χ3n) is 4.70. The number of fused-ring (bicyclic) bond motifs is 3. The number of rotatable bonds is 2. The smallest absolute Gasteiger partial charge is 0.144 e. The molecule has 4 rings (SSSR count). The highest BCUT2D eigenvalue weighted by molar-refractivity contribution is 6.09. The van der Waals surface area contributed by atoms with Gasteiger partial charge in [0.05, 0.1) is 5.69 Å². The summed E-state index contributed by atoms with van der Waals surface area (Å²) >= 11 is 0. The molecule has 0 atom stereocenters. The fraction of sp³-hybridized carbons (Fsp3) is 0.227. The number of aromatic nitrogens is 1. The van der Waals surface area contributed by atoms with Crippen LogP contribution in [0, 0.1) is 13.8 Å². The molecule has 0 fully saturated rings. The van der Waals surface area contributed by atoms with Gasteiger partial charge in [-0.25, -0.2) is 0 Å². The van der Waals surface area contributed by atoms with Crippen LogP contribution in [0.1, 0.15) is 36.5 Å². The van der Waals surface area contributed by atoms with E-state index in [4.69, 9.17) is 4.42 Å². The lowest BCUT2D eigenvalue weighted by Gasteiger charge is -2.11. The predicted molar refractivity (Wildman–Crippen MR) is 101 cm³/mol. The van der Waals surface area contributed by atoms with Gasteiger partial charge in [-0.1, -0.05) is 38.1 Å². The summed E-state index contributed by atoms with van der Waals surface area (Å²) in [6.45, 7) is 8.65. The Kier molecular flexibility index (Phi) is 3.42. The first-order chi connectivity index (χ1) is 11.5. The second kappa shape index (κ2) is 5.48. The van der Waals surface area contributed by atoms with Crippen molar-refractivity contribution in [3.05, 3.63) is 65.4 Å². The van der Waals surface area contributed by atoms with Crippen LogP contribution in [-0.2, 0) is 0 Å². The van der Waals surface area contributed by atoms with Crippen LogP contribution >= 0.6 is 0 Å². The quantitative estimate of drug-likeness (QED) is 0.428. The van der Waals surface area contributed by atoms with Crippen molar-refractivity contribution in [1.82, 2.24) is 4.98 Å². The normalized spacial score (nSPS) is 11.7. The fourth-order valence-electron chi connectivity index (χ4n) is 3.42. The Labute approximate surface area is 142 Å². The van der Waals surface area contributed by atoms with E-state index in [1.807, 2.05) is 6.20 Å². The third kappa shape index (κ3) is 2.30. The van der Waals surface area contributed by atoms with Gasteiger partial charge in [-0.05, 0) is 54.7 Å². The molecule has 2 aromatic heterocycles. The summed E-state index contributed by atoms with van der Waals surface area (Å²) in [5.74, 6) is 0.476. The number of benzene rings is 2. The predicted octanol–water partition coefficient (Wildman–Crippen LogP) is 6.39. The number of furan rings is 1. The molecule has 4 aromatic rings. The summed E-state index contributed by atoms with van der Waals surface area (Å²) in [6.07, 6.45) is 1.97. The average Bonchev–Trinajstić information content (AvgIpc) is 2.92. The summed E-state index contributed by atoms with van der Waals surface area (Å²) in [6, 6.07) is 14.9. The van der Waals surface area contributed by atoms with Gasteiger partial charge in [0, 0.05) is 22.5 Å². The molecule has 24 heavy (non-hydrogen) atoms. The first-order valence-electron chi connectivity index (χ1n) is 8.43. The fourth-order valence-corrected chi connectivity index (χ4v) is 3.42. The molecule has 0 unspecified atom stereocenters. The van der Waals surface area contributed by atoms with Crippen LogP contribution in [0.25, 0.3) is 33.2 Å². The van der Waals surface area contributed by atoms with E-state index in [0.717, 1.165) is 33.2 Å². The molecule has 0 N–H and O–H groups in total. The van der Waals surface area contributed by atoms with E-state index in [1.54, 1.807) is 0 Å². The summed E-state index contributed by atoms with van der Waals surface area (Å²) in [4.78, 5) is 4.67. The van der Waals surface area contributed by atoms with E-state index in [0.29, 0.717) is 5.92 Å². The largest absolute Gasteiger partial charge is 0.455 e. The van der Waals surface area contributed by atoms with Crippen LogP contribution in [0.3, 0.4) is 0 Å². The number of para-hydroxylation sites is 1. The van der Waals surface area contributed by atoms with Gasteiger partial charge >= 0.3 is 0 Å². The van der Waals surface area contributed by atoms with Crippen molar-refractivity contribution in [2.75, 3.05) is 0 Å². The molecule has 0 aliphatic heterocycles. The van der Waals surface area contributed by atoms with E-state index >= 15 is 0 Å². The number of hydrogen-bond acceptors (Lipinski definition) is 2. The number of aryl methyl sites for hydroxylation is 2. The Hall–Kier alpha value is -2.61. The monoisotopic (exact) mass is 315 g/mol. The van der Waals surface area contributed by atoms with Gasteiger partial charge in [0.25, 0.3) is 0 Å². The first-order valence-corrected chi connectivity index (χ1v) is 8.43. The zero-order valence-electron chi connectivity index (χ0n) is 14.6. The molecule has 2 aromatic carbocycles. The van der Waals surface area contributed by atoms with Gasteiger partial charge in [-0.15, -0.1) is 0 Å². The Balaban J connectivity index is 2.00. The standard InChI is InChI=1S/C22H21NO/c1-13(2)19-11-20(23-12-15(19)4)18-7-5-6-17-16-9-8-14(3)10-21(16)24-22(17)18/h5-13H,1-4H3. The van der Waals surface area contributed by atoms with Crippen LogP contribution in [0.15, 0.2) is 53.1 Å². The Bertz CT molecular complexity index is 1060. The second-order valence-corrected chi connectivity index (χ2v) is 6.86. The van der Waals surface area contributed by atoms with E-state index in [2.05, 4.69) is 75.1 Å². The van der Waals surface area contributed by atoms with Crippen molar-refractivity contribution in [2.45, 2.75) is 33.6 Å². The molecule has 0 aliphatic carbocycles. The van der Waals surface area contributed by atoms with Gasteiger partial charge in [0.1, 0.15) is 11.2 Å². The van der Waals surface area contributed by atoms with Crippen molar-refractivity contribution in [3.8, 4) is 11.3 Å². The number of hydrogen-bond donors (Lipinski definition) is 0. The summed E-state index contributed by atoms with van der Waals surface area (Å²) in [7, 11) is 0. The van der Waals surface area contributed by atoms with E-state index < -0.39 is 0 Å². The highest BCUT2D eigenvalue weighted by Gasteiger charge is 2.14. The minimum Gasteiger partial charge on any atom is -0.455 e.